The van der Waals surface area contributed by atoms with Crippen molar-refractivity contribution in [3.8, 4) is 17.2 Å². The van der Waals surface area contributed by atoms with Crippen molar-refractivity contribution >= 4 is 17.8 Å². The quantitative estimate of drug-likeness (QED) is 0.473. The predicted octanol–water partition coefficient (Wildman–Crippen LogP) is 2.85. The molecule has 1 N–H and O–H groups in total. The van der Waals surface area contributed by atoms with E-state index in [-0.39, 0.29) is 18.1 Å². The van der Waals surface area contributed by atoms with Gasteiger partial charge in [-0.2, -0.15) is 0 Å². The molecule has 25 heavy (non-hydrogen) atoms. The van der Waals surface area contributed by atoms with E-state index in [4.69, 9.17) is 14.2 Å². The number of esters is 1. The van der Waals surface area contributed by atoms with Crippen LogP contribution in [-0.2, 0) is 9.53 Å². The van der Waals surface area contributed by atoms with Crippen molar-refractivity contribution in [2.75, 3.05) is 20.8 Å². The summed E-state index contributed by atoms with van der Waals surface area (Å²) in [4.78, 5) is 23.7. The number of carbonyl (C=O) groups is 2. The minimum atomic E-state index is -0.645. The smallest absolute Gasteiger partial charge is 0.331 e. The second-order valence-corrected chi connectivity index (χ2v) is 5.02. The molecule has 2 aromatic carbocycles. The van der Waals surface area contributed by atoms with E-state index in [0.717, 1.165) is 0 Å². The number of rotatable bonds is 7. The molecule has 0 bridgehead atoms. The van der Waals surface area contributed by atoms with E-state index in [1.165, 1.54) is 32.4 Å². The largest absolute Gasteiger partial charge is 0.504 e. The highest BCUT2D eigenvalue weighted by Crippen LogP contribution is 2.26. The zero-order valence-electron chi connectivity index (χ0n) is 13.9. The minimum absolute atomic E-state index is 0.00677. The van der Waals surface area contributed by atoms with Gasteiger partial charge in [0, 0.05) is 11.6 Å². The van der Waals surface area contributed by atoms with Gasteiger partial charge in [-0.25, -0.2) is 4.79 Å². The van der Waals surface area contributed by atoms with Gasteiger partial charge in [-0.3, -0.25) is 4.79 Å². The van der Waals surface area contributed by atoms with Gasteiger partial charge in [0.25, 0.3) is 0 Å². The van der Waals surface area contributed by atoms with Crippen molar-refractivity contribution in [2.45, 2.75) is 0 Å². The Morgan fingerprint density at radius 2 is 1.76 bits per heavy atom. The summed E-state index contributed by atoms with van der Waals surface area (Å²) in [5.41, 5.74) is 1.08. The number of aromatic hydroxyl groups is 1. The fourth-order valence-electron chi connectivity index (χ4n) is 2.01. The molecule has 0 amide bonds. The standard InChI is InChI=1S/C19H18O6/c1-23-15-7-5-14(6-8-15)17(21)12-25-19(22)10-4-13-3-9-16(20)18(11-13)24-2/h3-11,20H,12H2,1-2H3/b10-4+. The monoisotopic (exact) mass is 342 g/mol. The summed E-state index contributed by atoms with van der Waals surface area (Å²) in [5.74, 6) is -0.0112. The van der Waals surface area contributed by atoms with E-state index >= 15 is 0 Å². The third-order valence-electron chi connectivity index (χ3n) is 3.37. The number of ether oxygens (including phenoxy) is 3. The molecule has 0 saturated heterocycles. The van der Waals surface area contributed by atoms with E-state index in [2.05, 4.69) is 0 Å². The average molecular weight is 342 g/mol. The summed E-state index contributed by atoms with van der Waals surface area (Å²) >= 11 is 0. The molecule has 0 aliphatic rings. The van der Waals surface area contributed by atoms with Crippen LogP contribution in [0.1, 0.15) is 15.9 Å². The molecule has 2 rings (SSSR count). The highest BCUT2D eigenvalue weighted by molar-refractivity contribution is 5.99. The van der Waals surface area contributed by atoms with Gasteiger partial charge < -0.3 is 19.3 Å². The molecule has 6 heteroatoms. The molecular weight excluding hydrogens is 324 g/mol. The summed E-state index contributed by atoms with van der Waals surface area (Å²) in [6, 6.07) is 11.2. The number of hydrogen-bond acceptors (Lipinski definition) is 6. The molecule has 2 aromatic rings. The van der Waals surface area contributed by atoms with Crippen LogP contribution in [0.5, 0.6) is 17.2 Å². The lowest BCUT2D eigenvalue weighted by Crippen LogP contribution is -2.12. The van der Waals surface area contributed by atoms with Crippen molar-refractivity contribution in [3.05, 3.63) is 59.7 Å². The Bertz CT molecular complexity index is 777. The maximum absolute atomic E-state index is 12.0. The van der Waals surface area contributed by atoms with Gasteiger partial charge >= 0.3 is 5.97 Å². The van der Waals surface area contributed by atoms with E-state index in [9.17, 15) is 14.7 Å². The Labute approximate surface area is 145 Å². The van der Waals surface area contributed by atoms with E-state index in [1.54, 1.807) is 36.4 Å². The minimum Gasteiger partial charge on any atom is -0.504 e. The summed E-state index contributed by atoms with van der Waals surface area (Å²) in [6.07, 6.45) is 2.70. The number of carbonyl (C=O) groups excluding carboxylic acids is 2. The lowest BCUT2D eigenvalue weighted by atomic mass is 10.1. The summed E-state index contributed by atoms with van der Waals surface area (Å²) < 4.78 is 14.9. The van der Waals surface area contributed by atoms with Gasteiger partial charge in [0.05, 0.1) is 14.2 Å². The highest BCUT2D eigenvalue weighted by atomic mass is 16.5. The number of hydrogen-bond donors (Lipinski definition) is 1. The molecule has 0 spiro atoms. The van der Waals surface area contributed by atoms with Gasteiger partial charge in [0.1, 0.15) is 5.75 Å². The molecule has 0 radical (unpaired) electrons. The van der Waals surface area contributed by atoms with Gasteiger partial charge in [-0.15, -0.1) is 0 Å². The topological polar surface area (TPSA) is 82.1 Å². The Balaban J connectivity index is 1.90. The van der Waals surface area contributed by atoms with E-state index in [0.29, 0.717) is 22.6 Å². The van der Waals surface area contributed by atoms with Crippen LogP contribution in [0.4, 0.5) is 0 Å². The van der Waals surface area contributed by atoms with Crippen LogP contribution in [0, 0.1) is 0 Å². The first-order valence-electron chi connectivity index (χ1n) is 7.42. The maximum atomic E-state index is 12.0. The van der Waals surface area contributed by atoms with Crippen LogP contribution in [0.2, 0.25) is 0 Å². The van der Waals surface area contributed by atoms with Crippen molar-refractivity contribution in [1.82, 2.24) is 0 Å². The number of ketones is 1. The van der Waals surface area contributed by atoms with Crippen molar-refractivity contribution < 1.29 is 28.9 Å². The second kappa shape index (κ2) is 8.54. The van der Waals surface area contributed by atoms with Crippen molar-refractivity contribution in [1.29, 1.82) is 0 Å². The predicted molar refractivity (Wildman–Crippen MR) is 92.0 cm³/mol. The molecule has 130 valence electrons. The van der Waals surface area contributed by atoms with Gasteiger partial charge in [-0.1, -0.05) is 6.07 Å². The molecule has 0 fully saturated rings. The Morgan fingerprint density at radius 3 is 2.40 bits per heavy atom. The van der Waals surface area contributed by atoms with Crippen LogP contribution >= 0.6 is 0 Å². The zero-order chi connectivity index (χ0) is 18.2. The lowest BCUT2D eigenvalue weighted by Gasteiger charge is -2.04. The van der Waals surface area contributed by atoms with Crippen molar-refractivity contribution in [2.24, 2.45) is 0 Å². The molecule has 0 aliphatic heterocycles. The van der Waals surface area contributed by atoms with Crippen molar-refractivity contribution in [3.63, 3.8) is 0 Å². The average Bonchev–Trinajstić information content (AvgIpc) is 2.65. The third kappa shape index (κ3) is 5.10. The molecule has 0 atom stereocenters. The van der Waals surface area contributed by atoms with Crippen LogP contribution < -0.4 is 9.47 Å². The number of phenolic OH excluding ortho intramolecular Hbond substituents is 1. The van der Waals surface area contributed by atoms with E-state index < -0.39 is 5.97 Å². The van der Waals surface area contributed by atoms with Crippen LogP contribution in [0.25, 0.3) is 6.08 Å². The molecule has 0 unspecified atom stereocenters. The third-order valence-corrected chi connectivity index (χ3v) is 3.37. The molecule has 0 saturated carbocycles. The SMILES string of the molecule is COc1ccc(C(=O)COC(=O)/C=C/c2ccc(O)c(OC)c2)cc1. The highest BCUT2D eigenvalue weighted by Gasteiger charge is 2.09. The van der Waals surface area contributed by atoms with E-state index in [1.807, 2.05) is 0 Å². The number of benzene rings is 2. The van der Waals surface area contributed by atoms with Gasteiger partial charge in [-0.05, 0) is 48.0 Å². The summed E-state index contributed by atoms with van der Waals surface area (Å²) in [7, 11) is 2.97. The summed E-state index contributed by atoms with van der Waals surface area (Å²) in [5, 5.41) is 9.51. The molecule has 6 nitrogen and oxygen atoms in total. The fraction of sp³-hybridized carbons (Fsp3) is 0.158. The van der Waals surface area contributed by atoms with Gasteiger partial charge in [0.2, 0.25) is 0 Å². The first-order chi connectivity index (χ1) is 12.0. The first-order valence-corrected chi connectivity index (χ1v) is 7.42. The normalized spacial score (nSPS) is 10.5. The number of phenols is 1. The van der Waals surface area contributed by atoms with Crippen LogP contribution in [0.3, 0.4) is 0 Å². The van der Waals surface area contributed by atoms with Gasteiger partial charge in [0.15, 0.2) is 23.9 Å². The van der Waals surface area contributed by atoms with Crippen LogP contribution in [0.15, 0.2) is 48.5 Å². The Hall–Kier alpha value is -3.28. The number of methoxy groups -OCH3 is 2. The number of Topliss-reactive ketones (excluding diaryl/α,β-unsaturated/α-hetero) is 1. The Kier molecular flexibility index (Phi) is 6.17. The molecule has 0 heterocycles. The Morgan fingerprint density at radius 1 is 1.04 bits per heavy atom. The summed E-state index contributed by atoms with van der Waals surface area (Å²) in [6.45, 7) is -0.353. The lowest BCUT2D eigenvalue weighted by molar-refractivity contribution is -0.136. The maximum Gasteiger partial charge on any atom is 0.331 e. The molecular formula is C19H18O6. The molecule has 0 aromatic heterocycles. The van der Waals surface area contributed by atoms with Crippen LogP contribution in [-0.4, -0.2) is 37.7 Å². The zero-order valence-corrected chi connectivity index (χ0v) is 13.9. The first kappa shape index (κ1) is 18.1. The molecule has 0 aliphatic carbocycles. The second-order valence-electron chi connectivity index (χ2n) is 5.02. The fourth-order valence-corrected chi connectivity index (χ4v) is 2.01.